The van der Waals surface area contributed by atoms with Gasteiger partial charge in [0.05, 0.1) is 12.3 Å². The summed E-state index contributed by atoms with van der Waals surface area (Å²) in [4.78, 5) is 16.6. The smallest absolute Gasteiger partial charge is 0.399 e. The second-order valence-electron chi connectivity index (χ2n) is 8.39. The lowest BCUT2D eigenvalue weighted by Crippen LogP contribution is -2.40. The Hall–Kier alpha value is -3.32. The van der Waals surface area contributed by atoms with Crippen LogP contribution in [0.25, 0.3) is 0 Å². The van der Waals surface area contributed by atoms with Gasteiger partial charge in [0.2, 0.25) is 0 Å². The minimum absolute atomic E-state index is 0.230. The molecule has 0 saturated heterocycles. The standard InChI is InChI=1S/C26H32N2O5/c1-7-30-24(29)26(5,6)33-23-17(2)13-20(14-18(23)3)15-27-16-22-19(4)31-25(28-22)32-21-11-9-8-10-12-21/h8-14,27H,7,15-16H2,1-6H3. The highest BCUT2D eigenvalue weighted by Gasteiger charge is 2.32. The first kappa shape index (κ1) is 24.3. The van der Waals surface area contributed by atoms with E-state index in [0.29, 0.717) is 37.0 Å². The van der Waals surface area contributed by atoms with E-state index in [-0.39, 0.29) is 12.0 Å². The number of hydrogen-bond donors (Lipinski definition) is 1. The summed E-state index contributed by atoms with van der Waals surface area (Å²) in [5.41, 5.74) is 2.76. The number of nitrogens with zero attached hydrogens (tertiary/aromatic N) is 1. The Morgan fingerprint density at radius 1 is 1.06 bits per heavy atom. The van der Waals surface area contributed by atoms with Gasteiger partial charge in [0.15, 0.2) is 5.60 Å². The highest BCUT2D eigenvalue weighted by molar-refractivity contribution is 5.79. The largest absolute Gasteiger partial charge is 0.476 e. The van der Waals surface area contributed by atoms with E-state index >= 15 is 0 Å². The van der Waals surface area contributed by atoms with Crippen LogP contribution in [0.4, 0.5) is 0 Å². The van der Waals surface area contributed by atoms with Crippen molar-refractivity contribution in [2.24, 2.45) is 0 Å². The molecule has 0 bridgehead atoms. The number of hydrogen-bond acceptors (Lipinski definition) is 7. The molecule has 176 valence electrons. The van der Waals surface area contributed by atoms with Crippen molar-refractivity contribution in [3.63, 3.8) is 0 Å². The van der Waals surface area contributed by atoms with Crippen LogP contribution >= 0.6 is 0 Å². The maximum Gasteiger partial charge on any atom is 0.399 e. The zero-order chi connectivity index (χ0) is 24.0. The van der Waals surface area contributed by atoms with E-state index in [2.05, 4.69) is 22.4 Å². The third-order valence-corrected chi connectivity index (χ3v) is 5.09. The molecule has 1 heterocycles. The van der Waals surface area contributed by atoms with Crippen LogP contribution in [0.15, 0.2) is 46.9 Å². The molecule has 0 unspecified atom stereocenters. The van der Waals surface area contributed by atoms with Crippen molar-refractivity contribution in [2.75, 3.05) is 6.61 Å². The second kappa shape index (κ2) is 10.5. The van der Waals surface area contributed by atoms with E-state index < -0.39 is 5.60 Å². The molecule has 0 saturated carbocycles. The zero-order valence-electron chi connectivity index (χ0n) is 20.2. The zero-order valence-corrected chi connectivity index (χ0v) is 20.2. The summed E-state index contributed by atoms with van der Waals surface area (Å²) in [6, 6.07) is 13.5. The lowest BCUT2D eigenvalue weighted by Gasteiger charge is -2.26. The maximum atomic E-state index is 12.2. The summed E-state index contributed by atoms with van der Waals surface area (Å²) >= 11 is 0. The van der Waals surface area contributed by atoms with Gasteiger partial charge in [0.25, 0.3) is 0 Å². The quantitative estimate of drug-likeness (QED) is 0.412. The number of aryl methyl sites for hydroxylation is 3. The van der Waals surface area contributed by atoms with Gasteiger partial charge in [-0.15, -0.1) is 0 Å². The number of carbonyl (C=O) groups is 1. The van der Waals surface area contributed by atoms with Crippen LogP contribution in [0.3, 0.4) is 0 Å². The Morgan fingerprint density at radius 2 is 1.73 bits per heavy atom. The number of carbonyl (C=O) groups excluding carboxylic acids is 1. The van der Waals surface area contributed by atoms with Crippen molar-refractivity contribution in [3.05, 3.63) is 70.6 Å². The Balaban J connectivity index is 1.60. The van der Waals surface area contributed by atoms with Crippen LogP contribution in [0, 0.1) is 20.8 Å². The van der Waals surface area contributed by atoms with Gasteiger partial charge >= 0.3 is 12.0 Å². The molecule has 0 radical (unpaired) electrons. The van der Waals surface area contributed by atoms with Crippen LogP contribution in [0.5, 0.6) is 17.6 Å². The summed E-state index contributed by atoms with van der Waals surface area (Å²) in [6.07, 6.45) is 0.230. The molecule has 3 rings (SSSR count). The number of rotatable bonds is 10. The molecule has 0 atom stereocenters. The molecule has 3 aromatic rings. The molecular weight excluding hydrogens is 420 g/mol. The molecule has 0 spiro atoms. The van der Waals surface area contributed by atoms with Gasteiger partial charge in [-0.25, -0.2) is 4.79 Å². The number of ether oxygens (including phenoxy) is 3. The first-order valence-corrected chi connectivity index (χ1v) is 11.1. The van der Waals surface area contributed by atoms with Crippen molar-refractivity contribution >= 4 is 5.97 Å². The van der Waals surface area contributed by atoms with E-state index in [1.165, 1.54) is 0 Å². The van der Waals surface area contributed by atoms with Crippen molar-refractivity contribution in [3.8, 4) is 17.6 Å². The first-order valence-electron chi connectivity index (χ1n) is 11.1. The van der Waals surface area contributed by atoms with Crippen LogP contribution in [0.1, 0.15) is 48.9 Å². The SMILES string of the molecule is CCOC(=O)C(C)(C)Oc1c(C)cc(CNCc2nc(Oc3ccccc3)oc2C)cc1C. The highest BCUT2D eigenvalue weighted by Crippen LogP contribution is 2.29. The third-order valence-electron chi connectivity index (χ3n) is 5.09. The predicted octanol–water partition coefficient (Wildman–Crippen LogP) is 5.40. The van der Waals surface area contributed by atoms with Crippen molar-refractivity contribution in [1.82, 2.24) is 10.3 Å². The Kier molecular flexibility index (Phi) is 7.76. The molecule has 7 heteroatoms. The topological polar surface area (TPSA) is 82.8 Å². The minimum atomic E-state index is -1.06. The van der Waals surface area contributed by atoms with Gasteiger partial charge in [0.1, 0.15) is 17.3 Å². The maximum absolute atomic E-state index is 12.2. The van der Waals surface area contributed by atoms with E-state index in [4.69, 9.17) is 18.6 Å². The van der Waals surface area contributed by atoms with Crippen LogP contribution in [-0.2, 0) is 22.6 Å². The van der Waals surface area contributed by atoms with Gasteiger partial charge in [0, 0.05) is 13.1 Å². The predicted molar refractivity (Wildman–Crippen MR) is 126 cm³/mol. The summed E-state index contributed by atoms with van der Waals surface area (Å²) in [7, 11) is 0. The average Bonchev–Trinajstić information content (AvgIpc) is 3.10. The third kappa shape index (κ3) is 6.35. The van der Waals surface area contributed by atoms with Crippen molar-refractivity contribution in [2.45, 2.75) is 60.2 Å². The Morgan fingerprint density at radius 3 is 2.36 bits per heavy atom. The number of oxazole rings is 1. The summed E-state index contributed by atoms with van der Waals surface area (Å²) in [6.45, 7) is 12.5. The Bertz CT molecular complexity index is 1070. The highest BCUT2D eigenvalue weighted by atomic mass is 16.6. The van der Waals surface area contributed by atoms with Gasteiger partial charge in [-0.05, 0) is 70.4 Å². The van der Waals surface area contributed by atoms with E-state index in [1.807, 2.05) is 51.1 Å². The molecule has 33 heavy (non-hydrogen) atoms. The number of para-hydroxylation sites is 1. The van der Waals surface area contributed by atoms with E-state index in [0.717, 1.165) is 22.4 Å². The molecule has 0 aliphatic heterocycles. The summed E-state index contributed by atoms with van der Waals surface area (Å²) < 4.78 is 22.5. The lowest BCUT2D eigenvalue weighted by molar-refractivity contribution is -0.158. The summed E-state index contributed by atoms with van der Waals surface area (Å²) in [5.74, 6) is 1.71. The molecule has 7 nitrogen and oxygen atoms in total. The van der Waals surface area contributed by atoms with Gasteiger partial charge in [-0.3, -0.25) is 0 Å². The van der Waals surface area contributed by atoms with Gasteiger partial charge < -0.3 is 23.9 Å². The van der Waals surface area contributed by atoms with E-state index in [1.54, 1.807) is 20.8 Å². The monoisotopic (exact) mass is 452 g/mol. The molecule has 1 aromatic heterocycles. The van der Waals surface area contributed by atoms with Crippen molar-refractivity contribution < 1.29 is 23.4 Å². The normalized spacial score (nSPS) is 11.3. The fourth-order valence-corrected chi connectivity index (χ4v) is 3.43. The fraction of sp³-hybridized carbons (Fsp3) is 0.385. The minimum Gasteiger partial charge on any atom is -0.476 e. The second-order valence-corrected chi connectivity index (χ2v) is 8.39. The Labute approximate surface area is 195 Å². The van der Waals surface area contributed by atoms with Crippen LogP contribution < -0.4 is 14.8 Å². The molecule has 0 aliphatic carbocycles. The van der Waals surface area contributed by atoms with Gasteiger partial charge in [-0.1, -0.05) is 30.3 Å². The summed E-state index contributed by atoms with van der Waals surface area (Å²) in [5, 5.41) is 3.40. The first-order chi connectivity index (χ1) is 15.7. The number of aromatic nitrogens is 1. The molecule has 0 fully saturated rings. The molecule has 2 aromatic carbocycles. The molecule has 1 N–H and O–H groups in total. The van der Waals surface area contributed by atoms with Gasteiger partial charge in [-0.2, -0.15) is 4.98 Å². The van der Waals surface area contributed by atoms with Crippen molar-refractivity contribution in [1.29, 1.82) is 0 Å². The fourth-order valence-electron chi connectivity index (χ4n) is 3.43. The number of benzene rings is 2. The van der Waals surface area contributed by atoms with Crippen LogP contribution in [0.2, 0.25) is 0 Å². The average molecular weight is 453 g/mol. The van der Waals surface area contributed by atoms with Crippen LogP contribution in [-0.4, -0.2) is 23.2 Å². The van der Waals surface area contributed by atoms with E-state index in [9.17, 15) is 4.79 Å². The number of nitrogens with one attached hydrogen (secondary N) is 1. The molecule has 0 amide bonds. The number of esters is 1. The lowest BCUT2D eigenvalue weighted by atomic mass is 10.0. The molecule has 0 aliphatic rings. The molecular formula is C26H32N2O5.